The standard InChI is InChI=1S/C6H7F7/c1-2-5(10,11)6(12,13)3(7)4(8)9/h3-4H,2H2,1H3. The third-order valence-electron chi connectivity index (χ3n) is 1.50. The maximum atomic E-state index is 12.2. The highest BCUT2D eigenvalue weighted by Crippen LogP contribution is 2.42. The molecule has 7 heteroatoms. The van der Waals surface area contributed by atoms with Gasteiger partial charge < -0.3 is 0 Å². The van der Waals surface area contributed by atoms with E-state index in [0.29, 0.717) is 6.92 Å². The Hall–Kier alpha value is -0.490. The lowest BCUT2D eigenvalue weighted by atomic mass is 10.1. The summed E-state index contributed by atoms with van der Waals surface area (Å²) < 4.78 is 83.7. The molecule has 0 aliphatic carbocycles. The molecule has 0 nitrogen and oxygen atoms in total. The quantitative estimate of drug-likeness (QED) is 0.627. The predicted molar refractivity (Wildman–Crippen MR) is 31.1 cm³/mol. The summed E-state index contributed by atoms with van der Waals surface area (Å²) >= 11 is 0. The van der Waals surface area contributed by atoms with Crippen LogP contribution in [0, 0.1) is 0 Å². The van der Waals surface area contributed by atoms with Gasteiger partial charge in [-0.15, -0.1) is 0 Å². The molecule has 0 aliphatic heterocycles. The van der Waals surface area contributed by atoms with Gasteiger partial charge >= 0.3 is 11.8 Å². The van der Waals surface area contributed by atoms with Crippen LogP contribution < -0.4 is 0 Å². The van der Waals surface area contributed by atoms with Gasteiger partial charge in [-0.25, -0.2) is 13.2 Å². The average molecular weight is 212 g/mol. The van der Waals surface area contributed by atoms with Crippen LogP contribution in [0.3, 0.4) is 0 Å². The van der Waals surface area contributed by atoms with Crippen LogP contribution in [0.25, 0.3) is 0 Å². The van der Waals surface area contributed by atoms with Gasteiger partial charge in [-0.05, 0) is 0 Å². The molecule has 1 atom stereocenters. The van der Waals surface area contributed by atoms with Crippen molar-refractivity contribution in [3.63, 3.8) is 0 Å². The van der Waals surface area contributed by atoms with Crippen LogP contribution in [0.5, 0.6) is 0 Å². The molecule has 1 unspecified atom stereocenters. The van der Waals surface area contributed by atoms with Crippen molar-refractivity contribution in [2.45, 2.75) is 37.8 Å². The lowest BCUT2D eigenvalue weighted by molar-refractivity contribution is -0.257. The van der Waals surface area contributed by atoms with Gasteiger partial charge in [0.2, 0.25) is 6.17 Å². The Bertz CT molecular complexity index is 164. The van der Waals surface area contributed by atoms with E-state index in [4.69, 9.17) is 0 Å². The van der Waals surface area contributed by atoms with Crippen LogP contribution >= 0.6 is 0 Å². The van der Waals surface area contributed by atoms with Gasteiger partial charge in [0.15, 0.2) is 0 Å². The van der Waals surface area contributed by atoms with Crippen LogP contribution in [-0.4, -0.2) is 24.4 Å². The Morgan fingerprint density at radius 3 is 1.62 bits per heavy atom. The number of hydrogen-bond acceptors (Lipinski definition) is 0. The van der Waals surface area contributed by atoms with E-state index < -0.39 is 30.9 Å². The van der Waals surface area contributed by atoms with E-state index in [1.807, 2.05) is 0 Å². The minimum Gasteiger partial charge on any atom is -0.234 e. The Balaban J connectivity index is 4.74. The van der Waals surface area contributed by atoms with Crippen LogP contribution in [0.2, 0.25) is 0 Å². The number of alkyl halides is 7. The first-order valence-corrected chi connectivity index (χ1v) is 3.34. The minimum absolute atomic E-state index is 0.659. The van der Waals surface area contributed by atoms with Crippen molar-refractivity contribution in [1.82, 2.24) is 0 Å². The number of halogens is 7. The zero-order chi connectivity index (χ0) is 10.9. The molecule has 0 aliphatic rings. The largest absolute Gasteiger partial charge is 0.346 e. The highest BCUT2D eigenvalue weighted by molar-refractivity contribution is 4.91. The van der Waals surface area contributed by atoms with Crippen LogP contribution in [0.15, 0.2) is 0 Å². The maximum Gasteiger partial charge on any atom is 0.346 e. The Labute approximate surface area is 69.7 Å². The van der Waals surface area contributed by atoms with E-state index in [0.717, 1.165) is 0 Å². The van der Waals surface area contributed by atoms with E-state index >= 15 is 0 Å². The van der Waals surface area contributed by atoms with Gasteiger partial charge in [0.1, 0.15) is 0 Å². The van der Waals surface area contributed by atoms with Crippen LogP contribution in [0.1, 0.15) is 13.3 Å². The molecule has 0 saturated heterocycles. The molecule has 0 rings (SSSR count). The summed E-state index contributed by atoms with van der Waals surface area (Å²) in [4.78, 5) is 0. The van der Waals surface area contributed by atoms with Gasteiger partial charge in [-0.2, -0.15) is 17.6 Å². The molecule has 0 saturated carbocycles. The topological polar surface area (TPSA) is 0 Å². The molecule has 0 heterocycles. The fraction of sp³-hybridized carbons (Fsp3) is 1.00. The Morgan fingerprint density at radius 1 is 1.00 bits per heavy atom. The molecule has 80 valence electrons. The van der Waals surface area contributed by atoms with Gasteiger partial charge in [-0.1, -0.05) is 6.92 Å². The van der Waals surface area contributed by atoms with E-state index in [2.05, 4.69) is 0 Å². The summed E-state index contributed by atoms with van der Waals surface area (Å²) in [7, 11) is 0. The van der Waals surface area contributed by atoms with Crippen molar-refractivity contribution in [2.75, 3.05) is 0 Å². The molecule has 0 aromatic rings. The molecular weight excluding hydrogens is 205 g/mol. The maximum absolute atomic E-state index is 12.2. The first kappa shape index (κ1) is 12.5. The van der Waals surface area contributed by atoms with Crippen molar-refractivity contribution in [3.8, 4) is 0 Å². The van der Waals surface area contributed by atoms with Crippen LogP contribution in [0.4, 0.5) is 30.7 Å². The van der Waals surface area contributed by atoms with Gasteiger partial charge in [-0.3, -0.25) is 0 Å². The zero-order valence-electron chi connectivity index (χ0n) is 6.51. The van der Waals surface area contributed by atoms with Crippen molar-refractivity contribution in [3.05, 3.63) is 0 Å². The molecule has 13 heavy (non-hydrogen) atoms. The van der Waals surface area contributed by atoms with Gasteiger partial charge in [0, 0.05) is 6.42 Å². The van der Waals surface area contributed by atoms with Gasteiger partial charge in [0.05, 0.1) is 0 Å². The summed E-state index contributed by atoms with van der Waals surface area (Å²) in [5.74, 6) is -10.1. The second kappa shape index (κ2) is 3.71. The first-order chi connectivity index (χ1) is 5.66. The summed E-state index contributed by atoms with van der Waals surface area (Å²) in [6, 6.07) is 0. The molecular formula is C6H7F7. The molecule has 0 radical (unpaired) electrons. The number of hydrogen-bond donors (Lipinski definition) is 0. The molecule has 0 amide bonds. The van der Waals surface area contributed by atoms with Crippen molar-refractivity contribution in [2.24, 2.45) is 0 Å². The smallest absolute Gasteiger partial charge is 0.234 e. The third kappa shape index (κ3) is 2.25. The normalized spacial score (nSPS) is 16.4. The molecule has 0 aromatic carbocycles. The SMILES string of the molecule is CCC(F)(F)C(F)(F)C(F)C(F)F. The predicted octanol–water partition coefficient (Wildman–Crippen LogP) is 3.27. The van der Waals surface area contributed by atoms with Crippen molar-refractivity contribution < 1.29 is 30.7 Å². The molecule has 0 N–H and O–H groups in total. The van der Waals surface area contributed by atoms with Crippen molar-refractivity contribution in [1.29, 1.82) is 0 Å². The molecule has 0 bridgehead atoms. The first-order valence-electron chi connectivity index (χ1n) is 3.34. The lowest BCUT2D eigenvalue weighted by Gasteiger charge is -2.27. The Morgan fingerprint density at radius 2 is 1.38 bits per heavy atom. The van der Waals surface area contributed by atoms with E-state index in [-0.39, 0.29) is 0 Å². The second-order valence-corrected chi connectivity index (χ2v) is 2.42. The highest BCUT2D eigenvalue weighted by atomic mass is 19.3. The fourth-order valence-electron chi connectivity index (χ4n) is 0.596. The average Bonchev–Trinajstić information content (AvgIpc) is 2.02. The molecule has 0 spiro atoms. The second-order valence-electron chi connectivity index (χ2n) is 2.42. The van der Waals surface area contributed by atoms with E-state index in [9.17, 15) is 30.7 Å². The molecule has 0 aromatic heterocycles. The Kier molecular flexibility index (Phi) is 3.57. The monoisotopic (exact) mass is 212 g/mol. The highest BCUT2D eigenvalue weighted by Gasteiger charge is 2.63. The summed E-state index contributed by atoms with van der Waals surface area (Å²) in [6.45, 7) is 0.659. The number of rotatable bonds is 4. The third-order valence-corrected chi connectivity index (χ3v) is 1.50. The van der Waals surface area contributed by atoms with E-state index in [1.165, 1.54) is 0 Å². The minimum atomic E-state index is -5.32. The summed E-state index contributed by atoms with van der Waals surface area (Å²) in [6.07, 6.45) is -9.65. The summed E-state index contributed by atoms with van der Waals surface area (Å²) in [5, 5.41) is 0. The van der Waals surface area contributed by atoms with E-state index in [1.54, 1.807) is 0 Å². The summed E-state index contributed by atoms with van der Waals surface area (Å²) in [5.41, 5.74) is 0. The fourth-order valence-corrected chi connectivity index (χ4v) is 0.596. The lowest BCUT2D eigenvalue weighted by Crippen LogP contribution is -2.50. The molecule has 0 fully saturated rings. The van der Waals surface area contributed by atoms with Crippen molar-refractivity contribution >= 4 is 0 Å². The van der Waals surface area contributed by atoms with Crippen LogP contribution in [-0.2, 0) is 0 Å². The zero-order valence-corrected chi connectivity index (χ0v) is 6.51. The van der Waals surface area contributed by atoms with Gasteiger partial charge in [0.25, 0.3) is 6.43 Å².